The van der Waals surface area contributed by atoms with Gasteiger partial charge in [0.2, 0.25) is 23.5 Å². The first kappa shape index (κ1) is 33.2. The van der Waals surface area contributed by atoms with E-state index in [0.29, 0.717) is 33.8 Å². The van der Waals surface area contributed by atoms with Crippen LogP contribution in [-0.2, 0) is 19.1 Å². The fourth-order valence-corrected chi connectivity index (χ4v) is 4.95. The van der Waals surface area contributed by atoms with Crippen molar-refractivity contribution in [3.63, 3.8) is 0 Å². The maximum atomic E-state index is 12.6. The normalized spacial score (nSPS) is 13.2. The predicted octanol–water partition coefficient (Wildman–Crippen LogP) is 4.10. The minimum absolute atomic E-state index is 0.0696. The predicted molar refractivity (Wildman–Crippen MR) is 150 cm³/mol. The molecule has 222 valence electrons. The molecular formula is C26H38N4O8S2. The summed E-state index contributed by atoms with van der Waals surface area (Å²) < 4.78 is 31.6. The maximum Gasteiger partial charge on any atom is 0.417 e. The maximum absolute atomic E-state index is 12.6. The van der Waals surface area contributed by atoms with Crippen molar-refractivity contribution < 1.29 is 38.0 Å². The van der Waals surface area contributed by atoms with E-state index in [4.69, 9.17) is 28.4 Å². The van der Waals surface area contributed by atoms with Crippen molar-refractivity contribution in [2.75, 3.05) is 41.7 Å². The van der Waals surface area contributed by atoms with Crippen LogP contribution < -0.4 is 18.9 Å². The van der Waals surface area contributed by atoms with Crippen LogP contribution in [0.5, 0.6) is 23.5 Å². The molecule has 0 saturated heterocycles. The molecule has 0 amide bonds. The second-order valence-corrected chi connectivity index (χ2v) is 13.0. The van der Waals surface area contributed by atoms with Crippen molar-refractivity contribution >= 4 is 35.5 Å². The van der Waals surface area contributed by atoms with Crippen LogP contribution in [0, 0.1) is 10.8 Å². The van der Waals surface area contributed by atoms with Gasteiger partial charge in [0.25, 0.3) is 0 Å². The number of carbonyl (C=O) groups is 2. The molecule has 0 aliphatic heterocycles. The Balaban J connectivity index is 2.05. The van der Waals surface area contributed by atoms with Crippen LogP contribution in [0.1, 0.15) is 41.5 Å². The molecule has 14 heteroatoms. The van der Waals surface area contributed by atoms with Gasteiger partial charge in [0.1, 0.15) is 13.2 Å². The first-order valence-electron chi connectivity index (χ1n) is 12.3. The molecule has 0 fully saturated rings. The molecule has 0 bridgehead atoms. The lowest BCUT2D eigenvalue weighted by Crippen LogP contribution is -2.34. The fourth-order valence-electron chi connectivity index (χ4n) is 2.89. The van der Waals surface area contributed by atoms with E-state index in [-0.39, 0.29) is 34.5 Å². The summed E-state index contributed by atoms with van der Waals surface area (Å²) in [6.45, 7) is 11.7. The number of hydrogen-bond donors (Lipinski definition) is 0. The number of aromatic nitrogens is 4. The van der Waals surface area contributed by atoms with Gasteiger partial charge in [-0.1, -0.05) is 65.1 Å². The molecule has 12 nitrogen and oxygen atoms in total. The van der Waals surface area contributed by atoms with Gasteiger partial charge in [-0.3, -0.25) is 0 Å². The van der Waals surface area contributed by atoms with Crippen molar-refractivity contribution in [3.8, 4) is 23.5 Å². The van der Waals surface area contributed by atoms with E-state index in [1.807, 2.05) is 41.5 Å². The summed E-state index contributed by atoms with van der Waals surface area (Å²) >= 11 is 2.58. The molecule has 0 N–H and O–H groups in total. The van der Waals surface area contributed by atoms with Gasteiger partial charge in [-0.2, -0.15) is 19.9 Å². The third-order valence-corrected chi connectivity index (χ3v) is 8.52. The zero-order valence-electron chi connectivity index (χ0n) is 24.6. The zero-order chi connectivity index (χ0) is 30.1. The Labute approximate surface area is 243 Å². The third kappa shape index (κ3) is 10.2. The summed E-state index contributed by atoms with van der Waals surface area (Å²) in [6.07, 6.45) is 0. The average Bonchev–Trinajstić information content (AvgIpc) is 2.90. The summed E-state index contributed by atoms with van der Waals surface area (Å²) in [7, 11) is 5.98. The van der Waals surface area contributed by atoms with E-state index < -0.39 is 11.9 Å². The van der Waals surface area contributed by atoms with Crippen LogP contribution in [0.2, 0.25) is 0 Å². The first-order chi connectivity index (χ1) is 18.7. The van der Waals surface area contributed by atoms with E-state index >= 15 is 0 Å². The van der Waals surface area contributed by atoms with Crippen molar-refractivity contribution in [1.82, 2.24) is 19.9 Å². The molecule has 0 spiro atoms. The first-order valence-corrected chi connectivity index (χ1v) is 14.1. The molecule has 40 heavy (non-hydrogen) atoms. The molecule has 2 aromatic rings. The van der Waals surface area contributed by atoms with Crippen molar-refractivity contribution in [2.45, 2.75) is 62.4 Å². The van der Waals surface area contributed by atoms with E-state index in [1.165, 1.54) is 52.0 Å². The second-order valence-electron chi connectivity index (χ2n) is 10.6. The Morgan fingerprint density at radius 3 is 1.12 bits per heavy atom. The van der Waals surface area contributed by atoms with Crippen LogP contribution in [0.4, 0.5) is 0 Å². The molecule has 0 aliphatic carbocycles. The van der Waals surface area contributed by atoms with Gasteiger partial charge in [0.05, 0.1) is 51.1 Å². The molecule has 2 atom stereocenters. The largest absolute Gasteiger partial charge is 0.481 e. The van der Waals surface area contributed by atoms with Crippen LogP contribution >= 0.6 is 23.5 Å². The van der Waals surface area contributed by atoms with Gasteiger partial charge in [-0.05, 0) is 10.8 Å². The Morgan fingerprint density at radius 2 is 0.900 bits per heavy atom. The smallest absolute Gasteiger partial charge is 0.417 e. The van der Waals surface area contributed by atoms with Crippen LogP contribution in [0.3, 0.4) is 0 Å². The minimum atomic E-state index is -1.09. The molecule has 2 aromatic heterocycles. The number of esters is 2. The highest BCUT2D eigenvalue weighted by atomic mass is 32.2. The number of hydrogen-bond acceptors (Lipinski definition) is 14. The number of methoxy groups -OCH3 is 4. The second kappa shape index (κ2) is 14.6. The summed E-state index contributed by atoms with van der Waals surface area (Å²) in [5.74, 6) is -0.816. The van der Waals surface area contributed by atoms with Crippen LogP contribution in [0.25, 0.3) is 0 Å². The molecular weight excluding hydrogens is 560 g/mol. The number of rotatable bonds is 12. The lowest BCUT2D eigenvalue weighted by Gasteiger charge is -2.29. The van der Waals surface area contributed by atoms with E-state index in [9.17, 15) is 9.59 Å². The van der Waals surface area contributed by atoms with Crippen LogP contribution in [0.15, 0.2) is 22.4 Å². The summed E-state index contributed by atoms with van der Waals surface area (Å²) in [6, 6.07) is 3.12. The fraction of sp³-hybridized carbons (Fsp3) is 0.615. The van der Waals surface area contributed by atoms with Gasteiger partial charge in [-0.15, -0.1) is 0 Å². The molecule has 2 unspecified atom stereocenters. The SMILES string of the molecule is COc1cc(OC)nc(SC(COC(=O)C(=O)OCC(Sc2nc(OC)cc(OC)n2)C(C)(C)C)C(C)(C)C)n1. The Bertz CT molecular complexity index is 1020. The zero-order valence-corrected chi connectivity index (χ0v) is 26.2. The lowest BCUT2D eigenvalue weighted by molar-refractivity contribution is -0.168. The van der Waals surface area contributed by atoms with Gasteiger partial charge < -0.3 is 28.4 Å². The Hall–Kier alpha value is -3.00. The quantitative estimate of drug-likeness (QED) is 0.150. The molecule has 0 saturated carbocycles. The van der Waals surface area contributed by atoms with Gasteiger partial charge >= 0.3 is 11.9 Å². The molecule has 2 heterocycles. The molecule has 2 rings (SSSR count). The highest BCUT2D eigenvalue weighted by Crippen LogP contribution is 2.37. The van der Waals surface area contributed by atoms with Gasteiger partial charge in [0.15, 0.2) is 10.3 Å². The van der Waals surface area contributed by atoms with E-state index in [2.05, 4.69) is 19.9 Å². The summed E-state index contributed by atoms with van der Waals surface area (Å²) in [5, 5.41) is 0.186. The van der Waals surface area contributed by atoms with Crippen molar-refractivity contribution in [2.24, 2.45) is 10.8 Å². The van der Waals surface area contributed by atoms with E-state index in [0.717, 1.165) is 0 Å². The monoisotopic (exact) mass is 598 g/mol. The molecule has 0 radical (unpaired) electrons. The van der Waals surface area contributed by atoms with Crippen molar-refractivity contribution in [3.05, 3.63) is 12.1 Å². The summed E-state index contributed by atoms with van der Waals surface area (Å²) in [4.78, 5) is 42.5. The van der Waals surface area contributed by atoms with Gasteiger partial charge in [0, 0.05) is 0 Å². The van der Waals surface area contributed by atoms with Crippen LogP contribution in [-0.4, -0.2) is 84.0 Å². The highest BCUT2D eigenvalue weighted by molar-refractivity contribution is 8.00. The Kier molecular flexibility index (Phi) is 12.1. The number of thioether (sulfide) groups is 2. The van der Waals surface area contributed by atoms with Gasteiger partial charge in [-0.25, -0.2) is 9.59 Å². The summed E-state index contributed by atoms with van der Waals surface area (Å²) in [5.41, 5.74) is -0.666. The highest BCUT2D eigenvalue weighted by Gasteiger charge is 2.32. The van der Waals surface area contributed by atoms with E-state index in [1.54, 1.807) is 12.1 Å². The molecule has 0 aliphatic rings. The number of carbonyl (C=O) groups excluding carboxylic acids is 2. The molecule has 0 aromatic carbocycles. The average molecular weight is 599 g/mol. The van der Waals surface area contributed by atoms with Crippen molar-refractivity contribution in [1.29, 1.82) is 0 Å². The number of nitrogens with zero attached hydrogens (tertiary/aromatic N) is 4. The topological polar surface area (TPSA) is 141 Å². The lowest BCUT2D eigenvalue weighted by atomic mass is 9.92. The minimum Gasteiger partial charge on any atom is -0.481 e. The standard InChI is InChI=1S/C26H38N4O8S2/c1-25(2,3)15(39-23-27-17(33-7)11-18(28-23)34-8)13-37-21(31)22(32)38-14-16(26(4,5)6)40-24-29-19(35-9)12-20(30-24)36-10/h11-12,15-16H,13-14H2,1-10H3. The number of ether oxygens (including phenoxy) is 6. The Morgan fingerprint density at radius 1 is 0.625 bits per heavy atom. The third-order valence-electron chi connectivity index (χ3n) is 5.48.